The summed E-state index contributed by atoms with van der Waals surface area (Å²) in [6.07, 6.45) is 6.89. The smallest absolute Gasteiger partial charge is 0.256 e. The van der Waals surface area contributed by atoms with Gasteiger partial charge in [0.15, 0.2) is 5.65 Å². The van der Waals surface area contributed by atoms with E-state index in [0.29, 0.717) is 28.8 Å². The third-order valence-electron chi connectivity index (χ3n) is 5.08. The maximum atomic E-state index is 13.2. The number of hydrogen-bond donors (Lipinski definition) is 1. The van der Waals surface area contributed by atoms with Crippen molar-refractivity contribution in [3.63, 3.8) is 0 Å². The number of hydrogen-bond acceptors (Lipinski definition) is 6. The average molecular weight is 400 g/mol. The summed E-state index contributed by atoms with van der Waals surface area (Å²) in [5.41, 5.74) is 3.69. The first-order chi connectivity index (χ1) is 14.6. The Morgan fingerprint density at radius 3 is 2.87 bits per heavy atom. The molecule has 0 saturated heterocycles. The maximum Gasteiger partial charge on any atom is 0.256 e. The molecule has 5 rings (SSSR count). The molecule has 150 valence electrons. The number of rotatable bonds is 5. The van der Waals surface area contributed by atoms with Crippen LogP contribution in [-0.4, -0.2) is 30.6 Å². The summed E-state index contributed by atoms with van der Waals surface area (Å²) in [6.45, 7) is 1.90. The number of fused-ring (bicyclic) bond motifs is 1. The summed E-state index contributed by atoms with van der Waals surface area (Å²) >= 11 is 0. The van der Waals surface area contributed by atoms with Gasteiger partial charge in [0.05, 0.1) is 22.8 Å². The molecule has 0 spiro atoms. The highest BCUT2D eigenvalue weighted by Crippen LogP contribution is 2.40. The minimum atomic E-state index is -0.197. The molecule has 0 unspecified atom stereocenters. The molecule has 4 aromatic rings. The summed E-state index contributed by atoms with van der Waals surface area (Å²) in [4.78, 5) is 26.1. The van der Waals surface area contributed by atoms with Gasteiger partial charge in [-0.2, -0.15) is 5.10 Å². The molecule has 8 nitrogen and oxygen atoms in total. The van der Waals surface area contributed by atoms with Crippen LogP contribution in [-0.2, 0) is 7.05 Å². The molecule has 0 radical (unpaired) electrons. The van der Waals surface area contributed by atoms with Crippen LogP contribution >= 0.6 is 0 Å². The molecule has 1 aliphatic rings. The molecule has 0 bridgehead atoms. The molecular formula is C22H20N6O2. The van der Waals surface area contributed by atoms with Crippen molar-refractivity contribution in [2.75, 3.05) is 5.32 Å². The van der Waals surface area contributed by atoms with Crippen molar-refractivity contribution in [2.45, 2.75) is 25.7 Å². The van der Waals surface area contributed by atoms with E-state index in [-0.39, 0.29) is 5.91 Å². The first-order valence-electron chi connectivity index (χ1n) is 9.78. The molecule has 30 heavy (non-hydrogen) atoms. The first kappa shape index (κ1) is 18.2. The monoisotopic (exact) mass is 400 g/mol. The van der Waals surface area contributed by atoms with E-state index < -0.39 is 0 Å². The molecule has 1 saturated carbocycles. The predicted octanol–water partition coefficient (Wildman–Crippen LogP) is 3.99. The van der Waals surface area contributed by atoms with Gasteiger partial charge in [-0.3, -0.25) is 14.5 Å². The highest BCUT2D eigenvalue weighted by molar-refractivity contribution is 6.12. The third kappa shape index (κ3) is 3.47. The molecule has 3 heterocycles. The number of benzene rings is 1. The molecule has 1 aliphatic carbocycles. The zero-order valence-electron chi connectivity index (χ0n) is 16.7. The number of amides is 1. The average Bonchev–Trinajstić information content (AvgIpc) is 3.55. The minimum absolute atomic E-state index is 0.197. The van der Waals surface area contributed by atoms with Crippen LogP contribution in [0.1, 0.15) is 40.5 Å². The Bertz CT molecular complexity index is 1250. The number of pyridine rings is 1. The number of carbonyl (C=O) groups is 1. The van der Waals surface area contributed by atoms with Crippen LogP contribution in [0.3, 0.4) is 0 Å². The van der Waals surface area contributed by atoms with E-state index in [1.807, 2.05) is 32.2 Å². The van der Waals surface area contributed by atoms with Gasteiger partial charge in [0.2, 0.25) is 5.88 Å². The minimum Gasteiger partial charge on any atom is -0.437 e. The predicted molar refractivity (Wildman–Crippen MR) is 112 cm³/mol. The maximum absolute atomic E-state index is 13.2. The van der Waals surface area contributed by atoms with Gasteiger partial charge in [0.25, 0.3) is 5.91 Å². The van der Waals surface area contributed by atoms with Crippen molar-refractivity contribution in [1.29, 1.82) is 0 Å². The van der Waals surface area contributed by atoms with Gasteiger partial charge in [0, 0.05) is 42.8 Å². The zero-order chi connectivity index (χ0) is 20.7. The second-order valence-corrected chi connectivity index (χ2v) is 7.40. The van der Waals surface area contributed by atoms with Crippen LogP contribution in [0.25, 0.3) is 11.0 Å². The van der Waals surface area contributed by atoms with Crippen molar-refractivity contribution in [3.8, 4) is 11.6 Å². The van der Waals surface area contributed by atoms with Crippen LogP contribution in [0.2, 0.25) is 0 Å². The van der Waals surface area contributed by atoms with Gasteiger partial charge in [-0.15, -0.1) is 0 Å². The van der Waals surface area contributed by atoms with Gasteiger partial charge in [-0.1, -0.05) is 6.07 Å². The number of nitrogens with zero attached hydrogens (tertiary/aromatic N) is 5. The van der Waals surface area contributed by atoms with E-state index in [2.05, 4.69) is 20.4 Å². The molecule has 1 amide bonds. The first-order valence-corrected chi connectivity index (χ1v) is 9.78. The summed E-state index contributed by atoms with van der Waals surface area (Å²) in [5, 5.41) is 8.23. The molecule has 3 aromatic heterocycles. The Morgan fingerprint density at radius 1 is 1.23 bits per heavy atom. The van der Waals surface area contributed by atoms with Crippen LogP contribution in [0.5, 0.6) is 11.6 Å². The van der Waals surface area contributed by atoms with Gasteiger partial charge < -0.3 is 10.1 Å². The fourth-order valence-corrected chi connectivity index (χ4v) is 3.53. The van der Waals surface area contributed by atoms with E-state index in [1.165, 1.54) is 6.20 Å². The topological polar surface area (TPSA) is 94.8 Å². The van der Waals surface area contributed by atoms with Crippen LogP contribution in [0.15, 0.2) is 48.9 Å². The number of carbonyl (C=O) groups excluding carboxylic acids is 1. The number of aromatic nitrogens is 5. The Labute approximate surface area is 173 Å². The summed E-state index contributed by atoms with van der Waals surface area (Å²) in [7, 11) is 1.86. The zero-order valence-corrected chi connectivity index (χ0v) is 16.7. The highest BCUT2D eigenvalue weighted by Gasteiger charge is 2.28. The van der Waals surface area contributed by atoms with E-state index in [9.17, 15) is 4.79 Å². The quantitative estimate of drug-likeness (QED) is 0.544. The molecule has 0 aliphatic heterocycles. The third-order valence-corrected chi connectivity index (χ3v) is 5.08. The fraction of sp³-hybridized carbons (Fsp3) is 0.227. The van der Waals surface area contributed by atoms with Crippen molar-refractivity contribution in [2.24, 2.45) is 7.05 Å². The lowest BCUT2D eigenvalue weighted by Crippen LogP contribution is -2.13. The molecule has 1 N–H and O–H groups in total. The van der Waals surface area contributed by atoms with Crippen LogP contribution in [0, 0.1) is 6.92 Å². The number of nitrogens with one attached hydrogen (secondary N) is 1. The standard InChI is InChI=1S/C22H20N6O2/c1-13-20-17(11-18(14-6-7-14)26-21(20)28(2)27-13)22(29)25-15-4-3-5-16(10-15)30-19-12-23-8-9-24-19/h3-5,8-12,14H,6-7H2,1-2H3,(H,25,29). The molecule has 1 aromatic carbocycles. The molecule has 1 fully saturated rings. The van der Waals surface area contributed by atoms with E-state index in [0.717, 1.165) is 35.3 Å². The summed E-state index contributed by atoms with van der Waals surface area (Å²) in [6, 6.07) is 9.09. The van der Waals surface area contributed by atoms with E-state index in [4.69, 9.17) is 9.72 Å². The fourth-order valence-electron chi connectivity index (χ4n) is 3.53. The van der Waals surface area contributed by atoms with Crippen molar-refractivity contribution < 1.29 is 9.53 Å². The van der Waals surface area contributed by atoms with Crippen LogP contribution in [0.4, 0.5) is 5.69 Å². The largest absolute Gasteiger partial charge is 0.437 e. The lowest BCUT2D eigenvalue weighted by molar-refractivity contribution is 0.102. The second kappa shape index (κ2) is 7.22. The lowest BCUT2D eigenvalue weighted by Gasteiger charge is -2.10. The van der Waals surface area contributed by atoms with Gasteiger partial charge in [-0.25, -0.2) is 9.97 Å². The van der Waals surface area contributed by atoms with Crippen molar-refractivity contribution in [3.05, 3.63) is 65.9 Å². The molecule has 8 heteroatoms. The Hall–Kier alpha value is -3.81. The molecule has 0 atom stereocenters. The molecular weight excluding hydrogens is 380 g/mol. The van der Waals surface area contributed by atoms with Crippen molar-refractivity contribution >= 4 is 22.6 Å². The Kier molecular flexibility index (Phi) is 4.39. The number of anilines is 1. The van der Waals surface area contributed by atoms with E-state index >= 15 is 0 Å². The van der Waals surface area contributed by atoms with Gasteiger partial charge in [0.1, 0.15) is 5.75 Å². The summed E-state index contributed by atoms with van der Waals surface area (Å²) < 4.78 is 7.45. The SMILES string of the molecule is Cc1nn(C)c2nc(C3CC3)cc(C(=O)Nc3cccc(Oc4cnccn4)c3)c12. The Balaban J connectivity index is 1.46. The summed E-state index contributed by atoms with van der Waals surface area (Å²) in [5.74, 6) is 1.18. The van der Waals surface area contributed by atoms with E-state index in [1.54, 1.807) is 29.2 Å². The normalized spacial score (nSPS) is 13.4. The lowest BCUT2D eigenvalue weighted by atomic mass is 10.1. The number of ether oxygens (including phenoxy) is 1. The van der Waals surface area contributed by atoms with Gasteiger partial charge >= 0.3 is 0 Å². The highest BCUT2D eigenvalue weighted by atomic mass is 16.5. The second-order valence-electron chi connectivity index (χ2n) is 7.40. The van der Waals surface area contributed by atoms with Crippen molar-refractivity contribution in [1.82, 2.24) is 24.7 Å². The Morgan fingerprint density at radius 2 is 2.10 bits per heavy atom. The van der Waals surface area contributed by atoms with Gasteiger partial charge in [-0.05, 0) is 38.0 Å². The van der Waals surface area contributed by atoms with Crippen LogP contribution < -0.4 is 10.1 Å². The number of aryl methyl sites for hydroxylation is 2.